The molecule has 0 aliphatic carbocycles. The predicted octanol–water partition coefficient (Wildman–Crippen LogP) is 3.62. The van der Waals surface area contributed by atoms with Gasteiger partial charge in [0.1, 0.15) is 5.75 Å². The molecule has 0 saturated carbocycles. The second kappa shape index (κ2) is 10.6. The summed E-state index contributed by atoms with van der Waals surface area (Å²) in [6, 6.07) is 14.4. The highest BCUT2D eigenvalue weighted by atomic mass is 32.2. The van der Waals surface area contributed by atoms with Gasteiger partial charge in [-0.25, -0.2) is 13.1 Å². The summed E-state index contributed by atoms with van der Waals surface area (Å²) < 4.78 is 33.2. The van der Waals surface area contributed by atoms with Crippen molar-refractivity contribution in [2.24, 2.45) is 5.92 Å². The highest BCUT2D eigenvalue weighted by molar-refractivity contribution is 7.89. The summed E-state index contributed by atoms with van der Waals surface area (Å²) in [7, 11) is -3.55. The quantitative estimate of drug-likeness (QED) is 0.634. The Hall–Kier alpha value is -2.64. The maximum Gasteiger partial charge on any atom is 0.246 e. The number of rotatable bonds is 8. The number of hydrogen-bond donors (Lipinski definition) is 1. The van der Waals surface area contributed by atoms with Crippen LogP contribution < -0.4 is 9.46 Å². The van der Waals surface area contributed by atoms with Crippen LogP contribution in [-0.2, 0) is 14.8 Å². The lowest BCUT2D eigenvalue weighted by Crippen LogP contribution is -2.43. The molecule has 1 aliphatic heterocycles. The molecule has 1 heterocycles. The molecule has 0 bridgehead atoms. The molecule has 0 aromatic heterocycles. The average Bonchev–Trinajstić information content (AvgIpc) is 2.78. The van der Waals surface area contributed by atoms with Crippen LogP contribution in [0.3, 0.4) is 0 Å². The fourth-order valence-corrected chi connectivity index (χ4v) is 4.69. The average molecular weight is 443 g/mol. The van der Waals surface area contributed by atoms with E-state index in [2.05, 4.69) is 4.72 Å². The highest BCUT2D eigenvalue weighted by Gasteiger charge is 2.24. The summed E-state index contributed by atoms with van der Waals surface area (Å²) in [6.45, 7) is 6.03. The lowest BCUT2D eigenvalue weighted by molar-refractivity contribution is -0.127. The number of ether oxygens (including phenoxy) is 1. The minimum absolute atomic E-state index is 0.0556. The minimum atomic E-state index is -3.55. The fraction of sp³-hybridized carbons (Fsp3) is 0.375. The molecule has 7 heteroatoms. The monoisotopic (exact) mass is 442 g/mol. The SMILES string of the molecule is CCOc1ccc(/C=C/C(=O)N2CCCC(CNS(=O)(=O)c3ccc(C)cc3)C2)cc1. The van der Waals surface area contributed by atoms with Crippen LogP contribution in [0.5, 0.6) is 5.75 Å². The van der Waals surface area contributed by atoms with Crippen LogP contribution in [0.15, 0.2) is 59.5 Å². The summed E-state index contributed by atoms with van der Waals surface area (Å²) in [6.07, 6.45) is 5.12. The lowest BCUT2D eigenvalue weighted by atomic mass is 9.98. The molecule has 1 atom stereocenters. The van der Waals surface area contributed by atoms with Gasteiger partial charge in [0.25, 0.3) is 0 Å². The second-order valence-corrected chi connectivity index (χ2v) is 9.56. The van der Waals surface area contributed by atoms with Gasteiger partial charge in [-0.15, -0.1) is 0 Å². The Kier molecular flexibility index (Phi) is 7.87. The smallest absolute Gasteiger partial charge is 0.246 e. The largest absolute Gasteiger partial charge is 0.494 e. The van der Waals surface area contributed by atoms with E-state index < -0.39 is 10.0 Å². The molecule has 1 saturated heterocycles. The summed E-state index contributed by atoms with van der Waals surface area (Å²) in [5.41, 5.74) is 1.94. The molecule has 166 valence electrons. The summed E-state index contributed by atoms with van der Waals surface area (Å²) in [5, 5.41) is 0. The van der Waals surface area contributed by atoms with E-state index in [9.17, 15) is 13.2 Å². The third-order valence-electron chi connectivity index (χ3n) is 5.33. The Balaban J connectivity index is 1.53. The van der Waals surface area contributed by atoms with E-state index in [1.165, 1.54) is 0 Å². The molecule has 0 radical (unpaired) electrons. The van der Waals surface area contributed by atoms with Gasteiger partial charge < -0.3 is 9.64 Å². The molecule has 0 spiro atoms. The van der Waals surface area contributed by atoms with Gasteiger partial charge in [-0.2, -0.15) is 0 Å². The number of carbonyl (C=O) groups is 1. The molecule has 6 nitrogen and oxygen atoms in total. The zero-order valence-electron chi connectivity index (χ0n) is 18.1. The van der Waals surface area contributed by atoms with Gasteiger partial charge in [-0.1, -0.05) is 29.8 Å². The van der Waals surface area contributed by atoms with Crippen LogP contribution in [0.25, 0.3) is 6.08 Å². The fourth-order valence-electron chi connectivity index (χ4n) is 3.57. The van der Waals surface area contributed by atoms with Crippen LogP contribution in [0.4, 0.5) is 0 Å². The maximum atomic E-state index is 12.6. The molecule has 2 aromatic carbocycles. The Labute approximate surface area is 185 Å². The van der Waals surface area contributed by atoms with E-state index in [-0.39, 0.29) is 16.7 Å². The second-order valence-electron chi connectivity index (χ2n) is 7.79. The Morgan fingerprint density at radius 1 is 1.16 bits per heavy atom. The van der Waals surface area contributed by atoms with Gasteiger partial charge in [0.05, 0.1) is 11.5 Å². The number of amides is 1. The number of carbonyl (C=O) groups excluding carboxylic acids is 1. The third-order valence-corrected chi connectivity index (χ3v) is 6.77. The first-order valence-corrected chi connectivity index (χ1v) is 12.1. The molecule has 2 aromatic rings. The van der Waals surface area contributed by atoms with Gasteiger partial charge in [-0.05, 0) is 68.5 Å². The predicted molar refractivity (Wildman–Crippen MR) is 122 cm³/mol. The summed E-state index contributed by atoms with van der Waals surface area (Å²) in [5.74, 6) is 0.842. The zero-order chi connectivity index (χ0) is 22.3. The van der Waals surface area contributed by atoms with Crippen LogP contribution >= 0.6 is 0 Å². The highest BCUT2D eigenvalue weighted by Crippen LogP contribution is 2.18. The number of piperidine rings is 1. The normalized spacial score (nSPS) is 17.1. The topological polar surface area (TPSA) is 75.7 Å². The summed E-state index contributed by atoms with van der Waals surface area (Å²) >= 11 is 0. The number of hydrogen-bond acceptors (Lipinski definition) is 4. The number of aryl methyl sites for hydroxylation is 1. The first-order chi connectivity index (χ1) is 14.9. The number of benzene rings is 2. The number of sulfonamides is 1. The number of likely N-dealkylation sites (tertiary alicyclic amines) is 1. The van der Waals surface area contributed by atoms with Gasteiger partial charge in [0.2, 0.25) is 15.9 Å². The van der Waals surface area contributed by atoms with Gasteiger partial charge in [-0.3, -0.25) is 4.79 Å². The lowest BCUT2D eigenvalue weighted by Gasteiger charge is -2.32. The van der Waals surface area contributed by atoms with Crippen molar-refractivity contribution in [2.45, 2.75) is 31.6 Å². The van der Waals surface area contributed by atoms with Crippen LogP contribution in [0.1, 0.15) is 30.9 Å². The van der Waals surface area contributed by atoms with Gasteiger partial charge >= 0.3 is 0 Å². The van der Waals surface area contributed by atoms with Crippen LogP contribution in [0.2, 0.25) is 0 Å². The van der Waals surface area contributed by atoms with Crippen molar-refractivity contribution < 1.29 is 17.9 Å². The van der Waals surface area contributed by atoms with E-state index in [0.717, 1.165) is 29.7 Å². The van der Waals surface area contributed by atoms with Crippen molar-refractivity contribution in [2.75, 3.05) is 26.2 Å². The Morgan fingerprint density at radius 2 is 1.87 bits per heavy atom. The maximum absolute atomic E-state index is 12.6. The van der Waals surface area contributed by atoms with Gasteiger partial charge in [0, 0.05) is 25.7 Å². The minimum Gasteiger partial charge on any atom is -0.494 e. The van der Waals surface area contributed by atoms with Gasteiger partial charge in [0.15, 0.2) is 0 Å². The van der Waals surface area contributed by atoms with Crippen molar-refractivity contribution in [1.29, 1.82) is 0 Å². The standard InChI is InChI=1S/C24H30N2O4S/c1-3-30-22-11-8-20(9-12-22)10-15-24(27)26-16-4-5-21(18-26)17-25-31(28,29)23-13-6-19(2)7-14-23/h6-15,21,25H,3-5,16-18H2,1-2H3/b15-10+. The molecule has 3 rings (SSSR count). The molecule has 1 amide bonds. The van der Waals surface area contributed by atoms with E-state index in [1.807, 2.05) is 38.1 Å². The molecule has 31 heavy (non-hydrogen) atoms. The molecule has 1 unspecified atom stereocenters. The first-order valence-electron chi connectivity index (χ1n) is 10.6. The van der Waals surface area contributed by atoms with E-state index in [0.29, 0.717) is 26.2 Å². The molecular weight excluding hydrogens is 412 g/mol. The van der Waals surface area contributed by atoms with Crippen molar-refractivity contribution >= 4 is 22.0 Å². The Bertz CT molecular complexity index is 999. The van der Waals surface area contributed by atoms with Crippen molar-refractivity contribution in [3.05, 3.63) is 65.7 Å². The number of nitrogens with zero attached hydrogens (tertiary/aromatic N) is 1. The molecule has 1 N–H and O–H groups in total. The van der Waals surface area contributed by atoms with E-state index in [4.69, 9.17) is 4.74 Å². The zero-order valence-corrected chi connectivity index (χ0v) is 18.9. The molecule has 1 fully saturated rings. The van der Waals surface area contributed by atoms with Crippen LogP contribution in [0, 0.1) is 12.8 Å². The van der Waals surface area contributed by atoms with E-state index in [1.54, 1.807) is 41.3 Å². The van der Waals surface area contributed by atoms with E-state index >= 15 is 0 Å². The molecule has 1 aliphatic rings. The van der Waals surface area contributed by atoms with Crippen molar-refractivity contribution in [3.8, 4) is 5.75 Å². The number of nitrogens with one attached hydrogen (secondary N) is 1. The third kappa shape index (κ3) is 6.67. The molecular formula is C24H30N2O4S. The first kappa shape index (κ1) is 23.0. The van der Waals surface area contributed by atoms with Crippen molar-refractivity contribution in [3.63, 3.8) is 0 Å². The summed E-state index contributed by atoms with van der Waals surface area (Å²) in [4.78, 5) is 14.7. The van der Waals surface area contributed by atoms with Crippen LogP contribution in [-0.4, -0.2) is 45.5 Å². The Morgan fingerprint density at radius 3 is 2.55 bits per heavy atom. The van der Waals surface area contributed by atoms with Crippen molar-refractivity contribution in [1.82, 2.24) is 9.62 Å².